The van der Waals surface area contributed by atoms with Crippen LogP contribution in [0.2, 0.25) is 0 Å². The van der Waals surface area contributed by atoms with E-state index in [1.165, 1.54) is 0 Å². The predicted octanol–water partition coefficient (Wildman–Crippen LogP) is 4.92. The lowest BCUT2D eigenvalue weighted by Crippen LogP contribution is -1.95. The second-order valence-corrected chi connectivity index (χ2v) is 5.61. The zero-order valence-corrected chi connectivity index (χ0v) is 13.0. The van der Waals surface area contributed by atoms with E-state index in [0.717, 1.165) is 32.4 Å². The Hall–Kier alpha value is -2.38. The van der Waals surface area contributed by atoms with Crippen LogP contribution in [0, 0.1) is 18.3 Å². The number of nitrogens with zero attached hydrogens (tertiary/aromatic N) is 2. The Kier molecular flexibility index (Phi) is 3.59. The van der Waals surface area contributed by atoms with Crippen molar-refractivity contribution in [2.24, 2.45) is 0 Å². The Bertz CT molecular complexity index is 866. The smallest absolute Gasteiger partial charge is 0.0992 e. The van der Waals surface area contributed by atoms with Gasteiger partial charge in [-0.2, -0.15) is 5.26 Å². The van der Waals surface area contributed by atoms with Gasteiger partial charge < -0.3 is 5.32 Å². The number of fused-ring (bicyclic) bond motifs is 1. The van der Waals surface area contributed by atoms with Gasteiger partial charge in [0.2, 0.25) is 0 Å². The van der Waals surface area contributed by atoms with Gasteiger partial charge in [0.1, 0.15) is 0 Å². The normalized spacial score (nSPS) is 10.3. The van der Waals surface area contributed by atoms with Gasteiger partial charge in [0.15, 0.2) is 0 Å². The molecule has 0 amide bonds. The van der Waals surface area contributed by atoms with Gasteiger partial charge in [-0.15, -0.1) is 0 Å². The van der Waals surface area contributed by atoms with Crippen LogP contribution in [-0.2, 0) is 0 Å². The summed E-state index contributed by atoms with van der Waals surface area (Å²) in [7, 11) is 0. The number of para-hydroxylation sites is 1. The highest BCUT2D eigenvalue weighted by molar-refractivity contribution is 9.10. The zero-order valence-electron chi connectivity index (χ0n) is 11.4. The number of aromatic nitrogens is 1. The molecule has 0 unspecified atom stereocenters. The number of pyridine rings is 1. The Balaban J connectivity index is 2.08. The fraction of sp³-hybridized carbons (Fsp3) is 0.0588. The van der Waals surface area contributed by atoms with Crippen molar-refractivity contribution < 1.29 is 0 Å². The van der Waals surface area contributed by atoms with Crippen molar-refractivity contribution in [1.29, 1.82) is 5.26 Å². The summed E-state index contributed by atoms with van der Waals surface area (Å²) in [5.41, 5.74) is 4.47. The topological polar surface area (TPSA) is 48.7 Å². The maximum Gasteiger partial charge on any atom is 0.0992 e. The molecule has 0 aliphatic rings. The number of hydrogen-bond acceptors (Lipinski definition) is 3. The van der Waals surface area contributed by atoms with E-state index in [2.05, 4.69) is 32.3 Å². The molecule has 0 aliphatic carbocycles. The van der Waals surface area contributed by atoms with Crippen molar-refractivity contribution in [1.82, 2.24) is 4.98 Å². The second-order valence-electron chi connectivity index (χ2n) is 4.76. The molecule has 3 aromatic rings. The van der Waals surface area contributed by atoms with Gasteiger partial charge in [-0.3, -0.25) is 4.98 Å². The maximum atomic E-state index is 8.92. The average Bonchev–Trinajstić information content (AvgIpc) is 2.49. The lowest BCUT2D eigenvalue weighted by Gasteiger charge is -2.12. The maximum absolute atomic E-state index is 8.92. The molecule has 0 saturated carbocycles. The van der Waals surface area contributed by atoms with Gasteiger partial charge in [-0.25, -0.2) is 0 Å². The van der Waals surface area contributed by atoms with Crippen molar-refractivity contribution in [3.05, 3.63) is 64.3 Å². The largest absolute Gasteiger partial charge is 0.354 e. The van der Waals surface area contributed by atoms with Gasteiger partial charge in [0.25, 0.3) is 0 Å². The quantitative estimate of drug-likeness (QED) is 0.721. The molecule has 3 rings (SSSR count). The van der Waals surface area contributed by atoms with Crippen LogP contribution in [0.4, 0.5) is 11.4 Å². The third-order valence-electron chi connectivity index (χ3n) is 3.21. The third kappa shape index (κ3) is 2.74. The summed E-state index contributed by atoms with van der Waals surface area (Å²) in [6.45, 7) is 1.98. The summed E-state index contributed by atoms with van der Waals surface area (Å²) >= 11 is 3.50. The lowest BCUT2D eigenvalue weighted by molar-refractivity contribution is 1.25. The van der Waals surface area contributed by atoms with Crippen molar-refractivity contribution >= 4 is 38.2 Å². The summed E-state index contributed by atoms with van der Waals surface area (Å²) in [5, 5.41) is 13.4. The number of benzene rings is 2. The standard InChI is InChI=1S/C17H12BrN3/c1-11-8-17(13-4-2-3-5-15(13)20-11)21-16-7-6-12(10-19)9-14(16)18/h2-9H,1H3,(H,20,21). The van der Waals surface area contributed by atoms with Crippen LogP contribution in [0.15, 0.2) is 53.0 Å². The number of rotatable bonds is 2. The molecule has 3 nitrogen and oxygen atoms in total. The number of nitrogens with one attached hydrogen (secondary N) is 1. The van der Waals surface area contributed by atoms with E-state index in [9.17, 15) is 0 Å². The van der Waals surface area contributed by atoms with Crippen molar-refractivity contribution in [3.63, 3.8) is 0 Å². The number of anilines is 2. The molecular weight excluding hydrogens is 326 g/mol. The molecule has 0 saturated heterocycles. The van der Waals surface area contributed by atoms with Gasteiger partial charge in [0, 0.05) is 21.2 Å². The SMILES string of the molecule is Cc1cc(Nc2ccc(C#N)cc2Br)c2ccccc2n1. The summed E-state index contributed by atoms with van der Waals surface area (Å²) in [6.07, 6.45) is 0. The first-order valence-electron chi connectivity index (χ1n) is 6.50. The van der Waals surface area contributed by atoms with Gasteiger partial charge in [-0.1, -0.05) is 18.2 Å². The average molecular weight is 338 g/mol. The molecule has 0 bridgehead atoms. The minimum Gasteiger partial charge on any atom is -0.354 e. The molecule has 21 heavy (non-hydrogen) atoms. The molecule has 1 aromatic heterocycles. The minimum atomic E-state index is 0.628. The van der Waals surface area contributed by atoms with Crippen LogP contribution in [-0.4, -0.2) is 4.98 Å². The van der Waals surface area contributed by atoms with Crippen molar-refractivity contribution in [2.45, 2.75) is 6.92 Å². The molecule has 4 heteroatoms. The van der Waals surface area contributed by atoms with E-state index in [4.69, 9.17) is 5.26 Å². The predicted molar refractivity (Wildman–Crippen MR) is 88.6 cm³/mol. The summed E-state index contributed by atoms with van der Waals surface area (Å²) in [6, 6.07) is 17.7. The van der Waals surface area contributed by atoms with Gasteiger partial charge in [-0.05, 0) is 53.2 Å². The first-order chi connectivity index (χ1) is 10.2. The van der Waals surface area contributed by atoms with E-state index >= 15 is 0 Å². The van der Waals surface area contributed by atoms with Crippen molar-refractivity contribution in [3.8, 4) is 6.07 Å². The molecule has 1 heterocycles. The molecule has 102 valence electrons. The first-order valence-corrected chi connectivity index (χ1v) is 7.30. The minimum absolute atomic E-state index is 0.628. The Morgan fingerprint density at radius 3 is 2.67 bits per heavy atom. The van der Waals surface area contributed by atoms with Crippen LogP contribution in [0.5, 0.6) is 0 Å². The van der Waals surface area contributed by atoms with Crippen molar-refractivity contribution in [2.75, 3.05) is 5.32 Å². The zero-order chi connectivity index (χ0) is 14.8. The summed E-state index contributed by atoms with van der Waals surface area (Å²) in [4.78, 5) is 4.53. The molecule has 1 N–H and O–H groups in total. The highest BCUT2D eigenvalue weighted by atomic mass is 79.9. The first kappa shape index (κ1) is 13.6. The Morgan fingerprint density at radius 1 is 1.10 bits per heavy atom. The molecule has 0 fully saturated rings. The second kappa shape index (κ2) is 5.55. The lowest BCUT2D eigenvalue weighted by atomic mass is 10.1. The van der Waals surface area contributed by atoms with Crippen LogP contribution >= 0.6 is 15.9 Å². The fourth-order valence-corrected chi connectivity index (χ4v) is 2.72. The van der Waals surface area contributed by atoms with Crippen LogP contribution in [0.1, 0.15) is 11.3 Å². The van der Waals surface area contributed by atoms with E-state index in [0.29, 0.717) is 5.56 Å². The van der Waals surface area contributed by atoms with E-state index < -0.39 is 0 Å². The van der Waals surface area contributed by atoms with Gasteiger partial charge in [0.05, 0.1) is 22.8 Å². The number of halogens is 1. The van der Waals surface area contributed by atoms with E-state index in [1.807, 2.05) is 43.3 Å². The molecule has 0 radical (unpaired) electrons. The number of hydrogen-bond donors (Lipinski definition) is 1. The Labute approximate surface area is 131 Å². The fourth-order valence-electron chi connectivity index (χ4n) is 2.24. The molecule has 0 aliphatic heterocycles. The number of aryl methyl sites for hydroxylation is 1. The molecule has 2 aromatic carbocycles. The monoisotopic (exact) mass is 337 g/mol. The van der Waals surface area contributed by atoms with Crippen LogP contribution in [0.3, 0.4) is 0 Å². The van der Waals surface area contributed by atoms with Gasteiger partial charge >= 0.3 is 0 Å². The number of nitriles is 1. The molecule has 0 spiro atoms. The molecular formula is C17H12BrN3. The Morgan fingerprint density at radius 2 is 1.90 bits per heavy atom. The highest BCUT2D eigenvalue weighted by Crippen LogP contribution is 2.30. The van der Waals surface area contributed by atoms with Crippen LogP contribution < -0.4 is 5.32 Å². The summed E-state index contributed by atoms with van der Waals surface area (Å²) in [5.74, 6) is 0. The molecule has 0 atom stereocenters. The third-order valence-corrected chi connectivity index (χ3v) is 3.87. The van der Waals surface area contributed by atoms with E-state index in [-0.39, 0.29) is 0 Å². The highest BCUT2D eigenvalue weighted by Gasteiger charge is 2.06. The van der Waals surface area contributed by atoms with Crippen LogP contribution in [0.25, 0.3) is 10.9 Å². The summed E-state index contributed by atoms with van der Waals surface area (Å²) < 4.78 is 0.861. The van der Waals surface area contributed by atoms with E-state index in [1.54, 1.807) is 12.1 Å².